The number of aromatic nitrogens is 2. The van der Waals surface area contributed by atoms with Crippen molar-refractivity contribution in [1.29, 1.82) is 0 Å². The van der Waals surface area contributed by atoms with Gasteiger partial charge in [-0.2, -0.15) is 0 Å². The lowest BCUT2D eigenvalue weighted by Crippen LogP contribution is -2.26. The van der Waals surface area contributed by atoms with Gasteiger partial charge in [0.05, 0.1) is 0 Å². The fraction of sp³-hybridized carbons (Fsp3) is 0.667. The van der Waals surface area contributed by atoms with Crippen molar-refractivity contribution in [3.05, 3.63) is 17.8 Å². The van der Waals surface area contributed by atoms with E-state index in [1.807, 2.05) is 6.07 Å². The van der Waals surface area contributed by atoms with Crippen molar-refractivity contribution < 1.29 is 4.79 Å². The van der Waals surface area contributed by atoms with Gasteiger partial charge in [0.1, 0.15) is 5.82 Å². The standard InChI is InChI=1S/C15H24N4O/c1-2-3-6-11-16-15(20)13-9-10-14(19-18-13)17-12-7-4-5-8-12/h9-10,12H,2-8,11H2,1H3,(H,16,20)(H,17,19). The summed E-state index contributed by atoms with van der Waals surface area (Å²) in [7, 11) is 0. The summed E-state index contributed by atoms with van der Waals surface area (Å²) in [5.74, 6) is 0.625. The van der Waals surface area contributed by atoms with Crippen LogP contribution in [-0.2, 0) is 0 Å². The minimum Gasteiger partial charge on any atom is -0.366 e. The molecule has 0 aliphatic heterocycles. The Labute approximate surface area is 120 Å². The van der Waals surface area contributed by atoms with Gasteiger partial charge in [-0.05, 0) is 31.4 Å². The number of hydrogen-bond donors (Lipinski definition) is 2. The zero-order valence-corrected chi connectivity index (χ0v) is 12.2. The molecule has 0 saturated heterocycles. The summed E-state index contributed by atoms with van der Waals surface area (Å²) in [6.45, 7) is 2.85. The van der Waals surface area contributed by atoms with Crippen molar-refractivity contribution in [2.24, 2.45) is 0 Å². The van der Waals surface area contributed by atoms with Gasteiger partial charge in [-0.3, -0.25) is 4.79 Å². The number of hydrogen-bond acceptors (Lipinski definition) is 4. The van der Waals surface area contributed by atoms with Crippen molar-refractivity contribution in [1.82, 2.24) is 15.5 Å². The summed E-state index contributed by atoms with van der Waals surface area (Å²) >= 11 is 0. The zero-order chi connectivity index (χ0) is 14.2. The Hall–Kier alpha value is -1.65. The van der Waals surface area contributed by atoms with Gasteiger partial charge < -0.3 is 10.6 Å². The molecule has 0 aromatic carbocycles. The third-order valence-corrected chi connectivity index (χ3v) is 3.67. The average Bonchev–Trinajstić information content (AvgIpc) is 2.97. The highest BCUT2D eigenvalue weighted by Crippen LogP contribution is 2.20. The number of nitrogens with one attached hydrogen (secondary N) is 2. The third-order valence-electron chi connectivity index (χ3n) is 3.67. The number of carbonyl (C=O) groups is 1. The van der Waals surface area contributed by atoms with E-state index in [0.717, 1.165) is 25.1 Å². The number of rotatable bonds is 7. The largest absolute Gasteiger partial charge is 0.366 e. The minimum atomic E-state index is -0.138. The Bertz CT molecular complexity index is 412. The fourth-order valence-electron chi connectivity index (χ4n) is 2.48. The van der Waals surface area contributed by atoms with Crippen molar-refractivity contribution in [3.8, 4) is 0 Å². The monoisotopic (exact) mass is 276 g/mol. The molecule has 5 heteroatoms. The van der Waals surface area contributed by atoms with Crippen LogP contribution in [0.15, 0.2) is 12.1 Å². The molecule has 1 fully saturated rings. The van der Waals surface area contributed by atoms with Gasteiger partial charge in [0, 0.05) is 12.6 Å². The van der Waals surface area contributed by atoms with E-state index in [-0.39, 0.29) is 5.91 Å². The van der Waals surface area contributed by atoms with Gasteiger partial charge in [-0.25, -0.2) is 0 Å². The second-order valence-corrected chi connectivity index (χ2v) is 5.39. The quantitative estimate of drug-likeness (QED) is 0.751. The predicted octanol–water partition coefficient (Wildman–Crippen LogP) is 2.75. The SMILES string of the molecule is CCCCCNC(=O)c1ccc(NC2CCCC2)nn1. The van der Waals surface area contributed by atoms with E-state index in [1.54, 1.807) is 6.07 Å². The predicted molar refractivity (Wildman–Crippen MR) is 79.8 cm³/mol. The van der Waals surface area contributed by atoms with E-state index in [2.05, 4.69) is 27.8 Å². The number of unbranched alkanes of at least 4 members (excludes halogenated alkanes) is 2. The lowest BCUT2D eigenvalue weighted by atomic mass is 10.2. The summed E-state index contributed by atoms with van der Waals surface area (Å²) in [6.07, 6.45) is 8.25. The maximum absolute atomic E-state index is 11.8. The Morgan fingerprint density at radius 1 is 1.25 bits per heavy atom. The first-order chi connectivity index (χ1) is 9.79. The van der Waals surface area contributed by atoms with E-state index >= 15 is 0 Å². The molecular weight excluding hydrogens is 252 g/mol. The molecule has 1 heterocycles. The van der Waals surface area contributed by atoms with Crippen LogP contribution in [0.3, 0.4) is 0 Å². The highest BCUT2D eigenvalue weighted by molar-refractivity contribution is 5.92. The van der Waals surface area contributed by atoms with E-state index < -0.39 is 0 Å². The molecule has 0 unspecified atom stereocenters. The molecule has 0 radical (unpaired) electrons. The molecule has 1 aromatic rings. The molecule has 1 aromatic heterocycles. The molecule has 1 saturated carbocycles. The number of nitrogens with zero attached hydrogens (tertiary/aromatic N) is 2. The van der Waals surface area contributed by atoms with Gasteiger partial charge in [-0.1, -0.05) is 32.6 Å². The summed E-state index contributed by atoms with van der Waals surface area (Å²) < 4.78 is 0. The first kappa shape index (κ1) is 14.8. The molecule has 0 atom stereocenters. The molecule has 2 rings (SSSR count). The van der Waals surface area contributed by atoms with Crippen LogP contribution in [0.2, 0.25) is 0 Å². The van der Waals surface area contributed by atoms with Gasteiger partial charge in [0.25, 0.3) is 5.91 Å². The molecule has 2 N–H and O–H groups in total. The van der Waals surface area contributed by atoms with Crippen LogP contribution in [0.1, 0.15) is 62.4 Å². The van der Waals surface area contributed by atoms with Crippen molar-refractivity contribution >= 4 is 11.7 Å². The smallest absolute Gasteiger partial charge is 0.271 e. The van der Waals surface area contributed by atoms with Crippen molar-refractivity contribution in [3.63, 3.8) is 0 Å². The van der Waals surface area contributed by atoms with E-state index in [1.165, 1.54) is 25.7 Å². The van der Waals surface area contributed by atoms with Crippen molar-refractivity contribution in [2.45, 2.75) is 57.9 Å². The molecule has 110 valence electrons. The Morgan fingerprint density at radius 2 is 2.05 bits per heavy atom. The Morgan fingerprint density at radius 3 is 2.70 bits per heavy atom. The first-order valence-electron chi connectivity index (χ1n) is 7.68. The molecule has 20 heavy (non-hydrogen) atoms. The lowest BCUT2D eigenvalue weighted by molar-refractivity contribution is 0.0947. The van der Waals surface area contributed by atoms with Crippen molar-refractivity contribution in [2.75, 3.05) is 11.9 Å². The topological polar surface area (TPSA) is 66.9 Å². The zero-order valence-electron chi connectivity index (χ0n) is 12.2. The lowest BCUT2D eigenvalue weighted by Gasteiger charge is -2.11. The van der Waals surface area contributed by atoms with Crippen LogP contribution >= 0.6 is 0 Å². The molecule has 0 bridgehead atoms. The van der Waals surface area contributed by atoms with Gasteiger partial charge in [0.15, 0.2) is 5.69 Å². The highest BCUT2D eigenvalue weighted by atomic mass is 16.1. The molecule has 1 amide bonds. The molecule has 1 aliphatic rings. The average molecular weight is 276 g/mol. The highest BCUT2D eigenvalue weighted by Gasteiger charge is 2.15. The maximum Gasteiger partial charge on any atom is 0.271 e. The molecule has 0 spiro atoms. The van der Waals surface area contributed by atoms with Crippen LogP contribution in [0.5, 0.6) is 0 Å². The first-order valence-corrected chi connectivity index (χ1v) is 7.68. The summed E-state index contributed by atoms with van der Waals surface area (Å²) in [5, 5.41) is 14.3. The number of carbonyl (C=O) groups excluding carboxylic acids is 1. The van der Waals surface area contributed by atoms with E-state index in [4.69, 9.17) is 0 Å². The second kappa shape index (κ2) is 7.82. The normalized spacial score (nSPS) is 15.2. The number of anilines is 1. The summed E-state index contributed by atoms with van der Waals surface area (Å²) in [5.41, 5.74) is 0.387. The minimum absolute atomic E-state index is 0.138. The second-order valence-electron chi connectivity index (χ2n) is 5.39. The van der Waals surface area contributed by atoms with Crippen LogP contribution in [0.25, 0.3) is 0 Å². The molecular formula is C15H24N4O. The summed E-state index contributed by atoms with van der Waals surface area (Å²) in [6, 6.07) is 4.09. The van der Waals surface area contributed by atoms with Crippen LogP contribution in [-0.4, -0.2) is 28.7 Å². The van der Waals surface area contributed by atoms with Crippen LogP contribution < -0.4 is 10.6 Å². The van der Waals surface area contributed by atoms with E-state index in [0.29, 0.717) is 18.3 Å². The molecule has 1 aliphatic carbocycles. The van der Waals surface area contributed by atoms with Gasteiger partial charge in [0.2, 0.25) is 0 Å². The Kier molecular flexibility index (Phi) is 5.77. The van der Waals surface area contributed by atoms with Crippen LogP contribution in [0, 0.1) is 0 Å². The van der Waals surface area contributed by atoms with E-state index in [9.17, 15) is 4.79 Å². The Balaban J connectivity index is 1.79. The third kappa shape index (κ3) is 4.47. The maximum atomic E-state index is 11.8. The fourth-order valence-corrected chi connectivity index (χ4v) is 2.48. The van der Waals surface area contributed by atoms with Crippen LogP contribution in [0.4, 0.5) is 5.82 Å². The molecule has 5 nitrogen and oxygen atoms in total. The summed E-state index contributed by atoms with van der Waals surface area (Å²) in [4.78, 5) is 11.8. The number of amides is 1. The van der Waals surface area contributed by atoms with Gasteiger partial charge in [-0.15, -0.1) is 10.2 Å². The van der Waals surface area contributed by atoms with Gasteiger partial charge >= 0.3 is 0 Å².